The predicted octanol–water partition coefficient (Wildman–Crippen LogP) is 4.11. The molecule has 31 heavy (non-hydrogen) atoms. The summed E-state index contributed by atoms with van der Waals surface area (Å²) in [4.78, 5) is 14.7. The van der Waals surface area contributed by atoms with Gasteiger partial charge in [0.05, 0.1) is 11.4 Å². The first-order valence-electron chi connectivity index (χ1n) is 10.5. The van der Waals surface area contributed by atoms with Gasteiger partial charge in [0.25, 0.3) is 0 Å². The van der Waals surface area contributed by atoms with Crippen molar-refractivity contribution in [1.29, 1.82) is 0 Å². The van der Waals surface area contributed by atoms with Crippen LogP contribution in [0.2, 0.25) is 0 Å². The van der Waals surface area contributed by atoms with Gasteiger partial charge < -0.3 is 10.2 Å². The number of carbonyl (C=O) groups excluding carboxylic acids is 1. The number of halogens is 1. The highest BCUT2D eigenvalue weighted by atomic mass is 32.2. The number of nitrogens with one attached hydrogen (secondary N) is 1. The molecule has 4 rings (SSSR count). The maximum Gasteiger partial charge on any atom is 0.232 e. The van der Waals surface area contributed by atoms with Gasteiger partial charge in [0.2, 0.25) is 11.9 Å². The molecule has 0 saturated carbocycles. The monoisotopic (exact) mass is 439 g/mol. The van der Waals surface area contributed by atoms with Crippen molar-refractivity contribution in [3.63, 3.8) is 0 Å². The van der Waals surface area contributed by atoms with Gasteiger partial charge in [0, 0.05) is 19.6 Å². The minimum absolute atomic E-state index is 0.104. The van der Waals surface area contributed by atoms with E-state index in [-0.39, 0.29) is 17.5 Å². The maximum atomic E-state index is 13.0. The molecule has 1 aliphatic heterocycles. The lowest BCUT2D eigenvalue weighted by Crippen LogP contribution is -2.31. The van der Waals surface area contributed by atoms with E-state index in [0.29, 0.717) is 11.7 Å². The molecular formula is C23H26FN5OS. The SMILES string of the molecule is Cc1ccc(-n2c(SCC(=O)NCc3ccc(F)cc3)nnc2N2CCCCC2)cc1. The van der Waals surface area contributed by atoms with Crippen LogP contribution < -0.4 is 10.2 Å². The molecule has 0 aliphatic carbocycles. The summed E-state index contributed by atoms with van der Waals surface area (Å²) < 4.78 is 15.1. The van der Waals surface area contributed by atoms with Crippen LogP contribution >= 0.6 is 11.8 Å². The summed E-state index contributed by atoms with van der Waals surface area (Å²) in [6, 6.07) is 14.4. The number of aryl methyl sites for hydroxylation is 1. The number of hydrogen-bond acceptors (Lipinski definition) is 5. The molecule has 162 valence electrons. The second-order valence-corrected chi connectivity index (χ2v) is 8.64. The number of anilines is 1. The lowest BCUT2D eigenvalue weighted by atomic mass is 10.1. The number of aromatic nitrogens is 3. The molecule has 6 nitrogen and oxygen atoms in total. The lowest BCUT2D eigenvalue weighted by molar-refractivity contribution is -0.118. The molecule has 2 heterocycles. The highest BCUT2D eigenvalue weighted by Gasteiger charge is 2.22. The fourth-order valence-electron chi connectivity index (χ4n) is 3.56. The Morgan fingerprint density at radius 1 is 1.03 bits per heavy atom. The molecule has 0 unspecified atom stereocenters. The Hall–Kier alpha value is -2.87. The van der Waals surface area contributed by atoms with Gasteiger partial charge in [0.15, 0.2) is 5.16 Å². The van der Waals surface area contributed by atoms with Crippen LogP contribution in [0.4, 0.5) is 10.3 Å². The van der Waals surface area contributed by atoms with Crippen molar-refractivity contribution < 1.29 is 9.18 Å². The minimum atomic E-state index is -0.286. The predicted molar refractivity (Wildman–Crippen MR) is 121 cm³/mol. The molecule has 0 spiro atoms. The molecule has 2 aromatic carbocycles. The zero-order valence-corrected chi connectivity index (χ0v) is 18.4. The van der Waals surface area contributed by atoms with Crippen LogP contribution in [-0.4, -0.2) is 39.5 Å². The Morgan fingerprint density at radius 2 is 1.74 bits per heavy atom. The first-order valence-corrected chi connectivity index (χ1v) is 11.5. The smallest absolute Gasteiger partial charge is 0.232 e. The Balaban J connectivity index is 1.46. The van der Waals surface area contributed by atoms with E-state index in [1.807, 2.05) is 4.57 Å². The third kappa shape index (κ3) is 5.44. The molecule has 1 saturated heterocycles. The van der Waals surface area contributed by atoms with E-state index in [9.17, 15) is 9.18 Å². The van der Waals surface area contributed by atoms with Gasteiger partial charge in [-0.2, -0.15) is 0 Å². The number of benzene rings is 2. The van der Waals surface area contributed by atoms with Crippen molar-refractivity contribution in [2.45, 2.75) is 37.9 Å². The number of thioether (sulfide) groups is 1. The molecular weight excluding hydrogens is 413 g/mol. The van der Waals surface area contributed by atoms with Gasteiger partial charge in [-0.1, -0.05) is 41.6 Å². The first kappa shape index (κ1) is 21.4. The van der Waals surface area contributed by atoms with E-state index < -0.39 is 0 Å². The maximum absolute atomic E-state index is 13.0. The normalized spacial score (nSPS) is 13.9. The molecule has 0 bridgehead atoms. The van der Waals surface area contributed by atoms with Gasteiger partial charge in [0.1, 0.15) is 5.82 Å². The molecule has 1 aliphatic rings. The lowest BCUT2D eigenvalue weighted by Gasteiger charge is -2.27. The van der Waals surface area contributed by atoms with Crippen LogP contribution in [0.1, 0.15) is 30.4 Å². The van der Waals surface area contributed by atoms with Crippen LogP contribution in [0, 0.1) is 12.7 Å². The van der Waals surface area contributed by atoms with Crippen molar-refractivity contribution >= 4 is 23.6 Å². The Labute approximate surface area is 185 Å². The summed E-state index contributed by atoms with van der Waals surface area (Å²) >= 11 is 1.37. The number of rotatable bonds is 7. The second kappa shape index (κ2) is 9.96. The molecule has 1 fully saturated rings. The van der Waals surface area contributed by atoms with Crippen LogP contribution in [0.3, 0.4) is 0 Å². The minimum Gasteiger partial charge on any atom is -0.351 e. The Kier molecular flexibility index (Phi) is 6.86. The van der Waals surface area contributed by atoms with Crippen LogP contribution in [0.15, 0.2) is 53.7 Å². The van der Waals surface area contributed by atoms with E-state index in [4.69, 9.17) is 0 Å². The average molecular weight is 440 g/mol. The Morgan fingerprint density at radius 3 is 2.45 bits per heavy atom. The third-order valence-corrected chi connectivity index (χ3v) is 6.21. The quantitative estimate of drug-likeness (QED) is 0.561. The van der Waals surface area contributed by atoms with Crippen LogP contribution in [0.25, 0.3) is 5.69 Å². The zero-order valence-electron chi connectivity index (χ0n) is 17.6. The molecule has 0 radical (unpaired) electrons. The number of nitrogens with zero attached hydrogens (tertiary/aromatic N) is 4. The van der Waals surface area contributed by atoms with Gasteiger partial charge in [-0.15, -0.1) is 10.2 Å². The fourth-order valence-corrected chi connectivity index (χ4v) is 4.34. The van der Waals surface area contributed by atoms with Gasteiger partial charge >= 0.3 is 0 Å². The summed E-state index contributed by atoms with van der Waals surface area (Å²) in [7, 11) is 0. The van der Waals surface area contributed by atoms with Crippen molar-refractivity contribution in [1.82, 2.24) is 20.1 Å². The average Bonchev–Trinajstić information content (AvgIpc) is 3.22. The van der Waals surface area contributed by atoms with Crippen molar-refractivity contribution in [2.24, 2.45) is 0 Å². The largest absolute Gasteiger partial charge is 0.351 e. The summed E-state index contributed by atoms with van der Waals surface area (Å²) in [5.74, 6) is 0.668. The summed E-state index contributed by atoms with van der Waals surface area (Å²) in [5.41, 5.74) is 3.03. The molecule has 1 amide bonds. The van der Waals surface area contributed by atoms with E-state index >= 15 is 0 Å². The van der Waals surface area contributed by atoms with Crippen LogP contribution in [0.5, 0.6) is 0 Å². The summed E-state index contributed by atoms with van der Waals surface area (Å²) in [6.45, 7) is 4.35. The van der Waals surface area contributed by atoms with Gasteiger partial charge in [-0.25, -0.2) is 4.39 Å². The Bertz CT molecular complexity index is 1010. The number of carbonyl (C=O) groups is 1. The van der Waals surface area contributed by atoms with E-state index in [1.165, 1.54) is 35.9 Å². The molecule has 8 heteroatoms. The van der Waals surface area contributed by atoms with Gasteiger partial charge in [-0.3, -0.25) is 9.36 Å². The molecule has 1 aromatic heterocycles. The van der Waals surface area contributed by atoms with E-state index in [1.54, 1.807) is 12.1 Å². The first-order chi connectivity index (χ1) is 15.1. The van der Waals surface area contributed by atoms with Crippen molar-refractivity contribution in [3.8, 4) is 5.69 Å². The fraction of sp³-hybridized carbons (Fsp3) is 0.348. The number of piperidine rings is 1. The van der Waals surface area contributed by atoms with E-state index in [2.05, 4.69) is 51.6 Å². The second-order valence-electron chi connectivity index (χ2n) is 7.69. The summed E-state index contributed by atoms with van der Waals surface area (Å²) in [5, 5.41) is 12.4. The zero-order chi connectivity index (χ0) is 21.6. The topological polar surface area (TPSA) is 63.1 Å². The number of hydrogen-bond donors (Lipinski definition) is 1. The molecule has 1 N–H and O–H groups in total. The third-order valence-electron chi connectivity index (χ3n) is 5.28. The molecule has 3 aromatic rings. The van der Waals surface area contributed by atoms with Crippen LogP contribution in [-0.2, 0) is 11.3 Å². The van der Waals surface area contributed by atoms with Crippen molar-refractivity contribution in [3.05, 3.63) is 65.5 Å². The number of amides is 1. The van der Waals surface area contributed by atoms with Crippen molar-refractivity contribution in [2.75, 3.05) is 23.7 Å². The highest BCUT2D eigenvalue weighted by molar-refractivity contribution is 7.99. The highest BCUT2D eigenvalue weighted by Crippen LogP contribution is 2.28. The molecule has 0 atom stereocenters. The van der Waals surface area contributed by atoms with Gasteiger partial charge in [-0.05, 0) is 56.0 Å². The standard InChI is InChI=1S/C23H26FN5OS/c1-17-5-11-20(12-6-17)29-22(28-13-3-2-4-14-28)26-27-23(29)31-16-21(30)25-15-18-7-9-19(24)10-8-18/h5-12H,2-4,13-16H2,1H3,(H,25,30). The van der Waals surface area contributed by atoms with E-state index in [0.717, 1.165) is 43.1 Å². The summed E-state index contributed by atoms with van der Waals surface area (Å²) in [6.07, 6.45) is 3.54.